The van der Waals surface area contributed by atoms with Crippen LogP contribution in [-0.2, 0) is 22.4 Å². The highest BCUT2D eigenvalue weighted by molar-refractivity contribution is 5.97. The van der Waals surface area contributed by atoms with E-state index < -0.39 is 0 Å². The van der Waals surface area contributed by atoms with E-state index in [1.54, 1.807) is 0 Å². The molecule has 6 heteroatoms. The largest absolute Gasteiger partial charge is 0.308 e. The van der Waals surface area contributed by atoms with Gasteiger partial charge in [-0.15, -0.1) is 0 Å². The topological polar surface area (TPSA) is 47.1 Å². The maximum Gasteiger partial charge on any atom is 0.241 e. The molecule has 0 N–H and O–H groups in total. The molecule has 1 saturated heterocycles. The summed E-state index contributed by atoms with van der Waals surface area (Å²) < 4.78 is 0. The molecule has 0 bridgehead atoms. The van der Waals surface area contributed by atoms with E-state index in [0.29, 0.717) is 13.1 Å². The third-order valence-corrected chi connectivity index (χ3v) is 8.13. The Hall–Kier alpha value is -2.70. The second-order valence-corrected chi connectivity index (χ2v) is 10.6. The Bertz CT molecular complexity index is 1090. The van der Waals surface area contributed by atoms with E-state index in [4.69, 9.17) is 0 Å². The molecule has 186 valence electrons. The van der Waals surface area contributed by atoms with Gasteiger partial charge in [-0.1, -0.05) is 36.4 Å². The van der Waals surface area contributed by atoms with Crippen molar-refractivity contribution < 1.29 is 9.59 Å². The Morgan fingerprint density at radius 1 is 0.714 bits per heavy atom. The van der Waals surface area contributed by atoms with Crippen LogP contribution < -0.4 is 9.80 Å². The minimum atomic E-state index is 0.180. The molecule has 0 aromatic heterocycles. The number of piperazine rings is 1. The zero-order chi connectivity index (χ0) is 24.5. The Morgan fingerprint density at radius 3 is 1.77 bits per heavy atom. The van der Waals surface area contributed by atoms with Crippen LogP contribution in [-0.4, -0.2) is 72.5 Å². The van der Waals surface area contributed by atoms with Crippen molar-refractivity contribution >= 4 is 23.2 Å². The lowest BCUT2D eigenvalue weighted by molar-refractivity contribution is -0.123. The van der Waals surface area contributed by atoms with E-state index >= 15 is 0 Å². The predicted molar refractivity (Wildman–Crippen MR) is 141 cm³/mol. The number of aryl methyl sites for hydroxylation is 2. The zero-order valence-electron chi connectivity index (χ0n) is 21.3. The highest BCUT2D eigenvalue weighted by Gasteiger charge is 2.34. The van der Waals surface area contributed by atoms with Crippen molar-refractivity contribution in [2.45, 2.75) is 64.6 Å². The molecule has 1 fully saturated rings. The molecule has 0 aliphatic carbocycles. The smallest absolute Gasteiger partial charge is 0.241 e. The van der Waals surface area contributed by atoms with E-state index in [1.165, 1.54) is 11.1 Å². The number of rotatable bonds is 4. The SMILES string of the molecule is CC1CN(CC(=O)N2c3ccccc3CCC2C)CCN1CC(=O)N1c2ccccc2CCC1C. The second-order valence-electron chi connectivity index (χ2n) is 10.6. The highest BCUT2D eigenvalue weighted by atomic mass is 16.2. The van der Waals surface area contributed by atoms with Crippen LogP contribution in [0.5, 0.6) is 0 Å². The van der Waals surface area contributed by atoms with E-state index in [0.717, 1.165) is 56.7 Å². The number of fused-ring (bicyclic) bond motifs is 2. The highest BCUT2D eigenvalue weighted by Crippen LogP contribution is 2.32. The van der Waals surface area contributed by atoms with Crippen LogP contribution in [0, 0.1) is 0 Å². The lowest BCUT2D eigenvalue weighted by Crippen LogP contribution is -2.57. The molecule has 3 aliphatic rings. The van der Waals surface area contributed by atoms with Gasteiger partial charge in [0, 0.05) is 49.1 Å². The Kier molecular flexibility index (Phi) is 6.94. The summed E-state index contributed by atoms with van der Waals surface area (Å²) in [4.78, 5) is 35.4. The van der Waals surface area contributed by atoms with Gasteiger partial charge in [0.25, 0.3) is 0 Å². The van der Waals surface area contributed by atoms with Crippen molar-refractivity contribution in [1.82, 2.24) is 9.80 Å². The molecule has 2 aromatic carbocycles. The number of hydrogen-bond acceptors (Lipinski definition) is 4. The fourth-order valence-corrected chi connectivity index (χ4v) is 6.10. The summed E-state index contributed by atoms with van der Waals surface area (Å²) in [5.74, 6) is 0.361. The first kappa shape index (κ1) is 24.0. The molecule has 3 aliphatic heterocycles. The maximum atomic E-state index is 13.4. The fraction of sp³-hybridized carbons (Fsp3) is 0.517. The predicted octanol–water partition coefficient (Wildman–Crippen LogP) is 3.73. The number of nitrogens with zero attached hydrogens (tertiary/aromatic N) is 4. The Labute approximate surface area is 209 Å². The van der Waals surface area contributed by atoms with E-state index in [9.17, 15) is 9.59 Å². The molecular formula is C29H38N4O2. The summed E-state index contributed by atoms with van der Waals surface area (Å²) in [5.41, 5.74) is 4.68. The third-order valence-electron chi connectivity index (χ3n) is 8.13. The summed E-state index contributed by atoms with van der Waals surface area (Å²) >= 11 is 0. The van der Waals surface area contributed by atoms with Crippen molar-refractivity contribution in [3.8, 4) is 0 Å². The molecule has 3 unspecified atom stereocenters. The van der Waals surface area contributed by atoms with Crippen LogP contribution in [0.15, 0.2) is 48.5 Å². The van der Waals surface area contributed by atoms with Crippen LogP contribution in [0.1, 0.15) is 44.7 Å². The molecule has 2 amide bonds. The summed E-state index contributed by atoms with van der Waals surface area (Å²) in [6, 6.07) is 17.3. The summed E-state index contributed by atoms with van der Waals surface area (Å²) in [6.45, 7) is 9.75. The molecule has 3 heterocycles. The number of anilines is 2. The van der Waals surface area contributed by atoms with Gasteiger partial charge in [-0.25, -0.2) is 0 Å². The van der Waals surface area contributed by atoms with Crippen molar-refractivity contribution in [2.75, 3.05) is 42.5 Å². The van der Waals surface area contributed by atoms with Crippen molar-refractivity contribution in [3.05, 3.63) is 59.7 Å². The second kappa shape index (κ2) is 10.1. The Balaban J connectivity index is 1.20. The molecule has 0 spiro atoms. The van der Waals surface area contributed by atoms with Gasteiger partial charge < -0.3 is 9.80 Å². The fourth-order valence-electron chi connectivity index (χ4n) is 6.10. The van der Waals surface area contributed by atoms with Crippen LogP contribution in [0.4, 0.5) is 11.4 Å². The normalized spacial score (nSPS) is 25.2. The van der Waals surface area contributed by atoms with Gasteiger partial charge >= 0.3 is 0 Å². The van der Waals surface area contributed by atoms with Crippen molar-refractivity contribution in [1.29, 1.82) is 0 Å². The Morgan fingerprint density at radius 2 is 1.23 bits per heavy atom. The number of para-hydroxylation sites is 2. The van der Waals surface area contributed by atoms with Gasteiger partial charge in [0.2, 0.25) is 11.8 Å². The number of carbonyl (C=O) groups is 2. The minimum Gasteiger partial charge on any atom is -0.308 e. The monoisotopic (exact) mass is 474 g/mol. The van der Waals surface area contributed by atoms with Gasteiger partial charge in [-0.2, -0.15) is 0 Å². The summed E-state index contributed by atoms with van der Waals surface area (Å²) in [5, 5.41) is 0. The summed E-state index contributed by atoms with van der Waals surface area (Å²) in [7, 11) is 0. The number of amides is 2. The van der Waals surface area contributed by atoms with Gasteiger partial charge in [0.05, 0.1) is 13.1 Å². The lowest BCUT2D eigenvalue weighted by atomic mass is 9.96. The first-order chi connectivity index (χ1) is 16.9. The first-order valence-corrected chi connectivity index (χ1v) is 13.2. The van der Waals surface area contributed by atoms with Crippen molar-refractivity contribution in [2.24, 2.45) is 0 Å². The number of benzene rings is 2. The molecule has 35 heavy (non-hydrogen) atoms. The van der Waals surface area contributed by atoms with Crippen LogP contribution in [0.2, 0.25) is 0 Å². The van der Waals surface area contributed by atoms with Gasteiger partial charge in [0.1, 0.15) is 0 Å². The molecule has 0 saturated carbocycles. The van der Waals surface area contributed by atoms with Gasteiger partial charge in [-0.05, 0) is 69.7 Å². The average molecular weight is 475 g/mol. The minimum absolute atomic E-state index is 0.180. The van der Waals surface area contributed by atoms with Crippen LogP contribution in [0.3, 0.4) is 0 Å². The standard InChI is InChI=1S/C29H38N4O2/c1-21-12-14-24-8-4-6-10-26(24)32(21)28(34)19-30-16-17-31(23(3)18-30)20-29(35)33-22(2)13-15-25-9-5-7-11-27(25)33/h4-11,21-23H,12-20H2,1-3H3. The van der Waals surface area contributed by atoms with E-state index in [-0.39, 0.29) is 29.9 Å². The van der Waals surface area contributed by atoms with Crippen LogP contribution in [0.25, 0.3) is 0 Å². The maximum absolute atomic E-state index is 13.4. The van der Waals surface area contributed by atoms with Gasteiger partial charge in [-0.3, -0.25) is 19.4 Å². The first-order valence-electron chi connectivity index (χ1n) is 13.2. The third kappa shape index (κ3) is 4.87. The lowest BCUT2D eigenvalue weighted by Gasteiger charge is -2.42. The molecule has 6 nitrogen and oxygen atoms in total. The molecule has 0 radical (unpaired) electrons. The van der Waals surface area contributed by atoms with E-state index in [1.807, 2.05) is 21.9 Å². The quantitative estimate of drug-likeness (QED) is 0.678. The molecule has 3 atom stereocenters. The van der Waals surface area contributed by atoms with E-state index in [2.05, 4.69) is 67.0 Å². The number of carbonyl (C=O) groups excluding carboxylic acids is 2. The zero-order valence-corrected chi connectivity index (χ0v) is 21.3. The molecular weight excluding hydrogens is 436 g/mol. The summed E-state index contributed by atoms with van der Waals surface area (Å²) in [6.07, 6.45) is 4.08. The van der Waals surface area contributed by atoms with Crippen LogP contribution >= 0.6 is 0 Å². The average Bonchev–Trinajstić information content (AvgIpc) is 2.85. The van der Waals surface area contributed by atoms with Crippen molar-refractivity contribution in [3.63, 3.8) is 0 Å². The molecule has 5 rings (SSSR count). The van der Waals surface area contributed by atoms with Gasteiger partial charge in [0.15, 0.2) is 0 Å². The molecule has 2 aromatic rings. The number of hydrogen-bond donors (Lipinski definition) is 0.